The van der Waals surface area contributed by atoms with Gasteiger partial charge in [0.2, 0.25) is 0 Å². The summed E-state index contributed by atoms with van der Waals surface area (Å²) in [6.45, 7) is 7.52. The van der Waals surface area contributed by atoms with Gasteiger partial charge in [0.25, 0.3) is 0 Å². The quantitative estimate of drug-likeness (QED) is 0.766. The van der Waals surface area contributed by atoms with Gasteiger partial charge in [-0.05, 0) is 40.0 Å². The monoisotopic (exact) mass is 213 g/mol. The van der Waals surface area contributed by atoms with Crippen molar-refractivity contribution in [1.29, 1.82) is 0 Å². The number of rotatable bonds is 4. The van der Waals surface area contributed by atoms with Crippen molar-refractivity contribution in [1.82, 2.24) is 4.90 Å². The summed E-state index contributed by atoms with van der Waals surface area (Å²) in [5, 5.41) is 10.4. The number of likely N-dealkylation sites (tertiary alicyclic amines) is 1. The highest BCUT2D eigenvalue weighted by molar-refractivity contribution is 5.00. The van der Waals surface area contributed by atoms with Crippen LogP contribution in [0, 0.1) is 0 Å². The van der Waals surface area contributed by atoms with Crippen LogP contribution in [-0.2, 0) is 4.74 Å². The van der Waals surface area contributed by atoms with E-state index in [9.17, 15) is 5.11 Å². The molecule has 0 aromatic rings. The smallest absolute Gasteiger partial charge is 0.102 e. The first-order valence-corrected chi connectivity index (χ1v) is 6.10. The summed E-state index contributed by atoms with van der Waals surface area (Å²) in [6, 6.07) is 1.26. The number of hydrogen-bond donors (Lipinski definition) is 1. The van der Waals surface area contributed by atoms with Crippen molar-refractivity contribution >= 4 is 0 Å². The van der Waals surface area contributed by atoms with Crippen LogP contribution < -0.4 is 0 Å². The minimum atomic E-state index is -0.605. The summed E-state index contributed by atoms with van der Waals surface area (Å²) in [4.78, 5) is 2.45. The summed E-state index contributed by atoms with van der Waals surface area (Å²) in [7, 11) is 0. The van der Waals surface area contributed by atoms with E-state index in [0.29, 0.717) is 12.6 Å². The summed E-state index contributed by atoms with van der Waals surface area (Å²) in [5.74, 6) is 0. The molecule has 1 aliphatic carbocycles. The molecule has 15 heavy (non-hydrogen) atoms. The first-order valence-electron chi connectivity index (χ1n) is 6.10. The lowest BCUT2D eigenvalue weighted by Crippen LogP contribution is -2.39. The number of aliphatic hydroxyl groups is 1. The average Bonchev–Trinajstić information content (AvgIpc) is 2.91. The van der Waals surface area contributed by atoms with Gasteiger partial charge < -0.3 is 9.84 Å². The summed E-state index contributed by atoms with van der Waals surface area (Å²) < 4.78 is 5.55. The summed E-state index contributed by atoms with van der Waals surface area (Å²) >= 11 is 0. The van der Waals surface area contributed by atoms with Crippen LogP contribution in [0.25, 0.3) is 0 Å². The normalized spacial score (nSPS) is 37.8. The van der Waals surface area contributed by atoms with Crippen LogP contribution in [0.3, 0.4) is 0 Å². The number of β-amino-alcohol motifs (C(OH)–C–C–N with tert-alkyl or cyclic N) is 1. The average molecular weight is 213 g/mol. The van der Waals surface area contributed by atoms with Crippen molar-refractivity contribution in [2.75, 3.05) is 13.2 Å². The van der Waals surface area contributed by atoms with Gasteiger partial charge in [0, 0.05) is 18.6 Å². The minimum absolute atomic E-state index is 0.208. The van der Waals surface area contributed by atoms with Gasteiger partial charge in [-0.2, -0.15) is 0 Å². The molecule has 0 aromatic carbocycles. The zero-order chi connectivity index (χ0) is 11.1. The zero-order valence-corrected chi connectivity index (χ0v) is 10.1. The molecule has 0 aromatic heterocycles. The maximum Gasteiger partial charge on any atom is 0.102 e. The Hall–Kier alpha value is -0.120. The number of nitrogens with zero attached hydrogens (tertiary/aromatic N) is 1. The van der Waals surface area contributed by atoms with Crippen molar-refractivity contribution in [3.8, 4) is 0 Å². The molecule has 2 aliphatic rings. The molecule has 1 saturated heterocycles. The SMILES string of the molecule is CC(C)OCC1(O)CC(C)N(C2CC2)C1. The van der Waals surface area contributed by atoms with E-state index in [1.807, 2.05) is 13.8 Å². The van der Waals surface area contributed by atoms with E-state index in [2.05, 4.69) is 11.8 Å². The van der Waals surface area contributed by atoms with E-state index in [1.54, 1.807) is 0 Å². The van der Waals surface area contributed by atoms with Gasteiger partial charge in [0.1, 0.15) is 5.60 Å². The van der Waals surface area contributed by atoms with Gasteiger partial charge in [-0.25, -0.2) is 0 Å². The molecule has 3 heteroatoms. The molecule has 1 N–H and O–H groups in total. The fraction of sp³-hybridized carbons (Fsp3) is 1.00. The molecule has 2 fully saturated rings. The molecule has 0 amide bonds. The Morgan fingerprint density at radius 2 is 2.13 bits per heavy atom. The molecule has 1 saturated carbocycles. The number of ether oxygens (including phenoxy) is 1. The number of hydrogen-bond acceptors (Lipinski definition) is 3. The second-order valence-electron chi connectivity index (χ2n) is 5.54. The third-order valence-electron chi connectivity index (χ3n) is 3.42. The van der Waals surface area contributed by atoms with Crippen LogP contribution in [0.5, 0.6) is 0 Å². The van der Waals surface area contributed by atoms with E-state index >= 15 is 0 Å². The van der Waals surface area contributed by atoms with Crippen LogP contribution in [0.2, 0.25) is 0 Å². The zero-order valence-electron chi connectivity index (χ0n) is 10.1. The van der Waals surface area contributed by atoms with Gasteiger partial charge >= 0.3 is 0 Å². The highest BCUT2D eigenvalue weighted by Gasteiger charge is 2.46. The fourth-order valence-electron chi connectivity index (χ4n) is 2.55. The standard InChI is InChI=1S/C12H23NO2/c1-9(2)15-8-12(14)6-10(3)13(7-12)11-4-5-11/h9-11,14H,4-8H2,1-3H3. The second kappa shape index (κ2) is 4.04. The predicted octanol–water partition coefficient (Wildman–Crippen LogP) is 1.40. The molecule has 1 aliphatic heterocycles. The molecule has 0 spiro atoms. The van der Waals surface area contributed by atoms with Gasteiger partial charge in [0.05, 0.1) is 12.7 Å². The van der Waals surface area contributed by atoms with E-state index in [4.69, 9.17) is 4.74 Å². The van der Waals surface area contributed by atoms with E-state index < -0.39 is 5.60 Å². The van der Waals surface area contributed by atoms with Crippen molar-refractivity contribution < 1.29 is 9.84 Å². The minimum Gasteiger partial charge on any atom is -0.386 e. The molecule has 0 radical (unpaired) electrons. The molecule has 2 rings (SSSR count). The lowest BCUT2D eigenvalue weighted by molar-refractivity contribution is -0.0579. The van der Waals surface area contributed by atoms with Crippen LogP contribution in [0.4, 0.5) is 0 Å². The van der Waals surface area contributed by atoms with Gasteiger partial charge in [-0.15, -0.1) is 0 Å². The van der Waals surface area contributed by atoms with Gasteiger partial charge in [0.15, 0.2) is 0 Å². The van der Waals surface area contributed by atoms with Crippen molar-refractivity contribution in [3.63, 3.8) is 0 Å². The maximum atomic E-state index is 10.4. The Morgan fingerprint density at radius 3 is 2.67 bits per heavy atom. The Kier molecular flexibility index (Phi) is 3.06. The van der Waals surface area contributed by atoms with Crippen molar-refractivity contribution in [2.24, 2.45) is 0 Å². The molecular weight excluding hydrogens is 190 g/mol. The van der Waals surface area contributed by atoms with Gasteiger partial charge in [-0.3, -0.25) is 4.90 Å². The van der Waals surface area contributed by atoms with Crippen LogP contribution in [-0.4, -0.2) is 46.9 Å². The Morgan fingerprint density at radius 1 is 1.47 bits per heavy atom. The fourth-order valence-corrected chi connectivity index (χ4v) is 2.55. The molecule has 88 valence electrons. The topological polar surface area (TPSA) is 32.7 Å². The Balaban J connectivity index is 1.87. The predicted molar refractivity (Wildman–Crippen MR) is 59.8 cm³/mol. The molecule has 2 atom stereocenters. The van der Waals surface area contributed by atoms with Crippen LogP contribution in [0.15, 0.2) is 0 Å². The first-order chi connectivity index (χ1) is 7.00. The maximum absolute atomic E-state index is 10.4. The molecule has 2 unspecified atom stereocenters. The molecular formula is C12H23NO2. The van der Waals surface area contributed by atoms with Crippen molar-refractivity contribution in [3.05, 3.63) is 0 Å². The third-order valence-corrected chi connectivity index (χ3v) is 3.42. The van der Waals surface area contributed by atoms with Gasteiger partial charge in [-0.1, -0.05) is 0 Å². The van der Waals surface area contributed by atoms with E-state index in [1.165, 1.54) is 12.8 Å². The molecule has 3 nitrogen and oxygen atoms in total. The van der Waals surface area contributed by atoms with Crippen LogP contribution >= 0.6 is 0 Å². The second-order valence-corrected chi connectivity index (χ2v) is 5.54. The highest BCUT2D eigenvalue weighted by Crippen LogP contribution is 2.37. The Labute approximate surface area is 92.4 Å². The van der Waals surface area contributed by atoms with E-state index in [0.717, 1.165) is 19.0 Å². The summed E-state index contributed by atoms with van der Waals surface area (Å²) in [6.07, 6.45) is 3.69. The third kappa shape index (κ3) is 2.71. The first kappa shape index (κ1) is 11.4. The molecule has 1 heterocycles. The van der Waals surface area contributed by atoms with E-state index in [-0.39, 0.29) is 6.10 Å². The highest BCUT2D eigenvalue weighted by atomic mass is 16.5. The largest absolute Gasteiger partial charge is 0.386 e. The summed E-state index contributed by atoms with van der Waals surface area (Å²) in [5.41, 5.74) is -0.605. The lowest BCUT2D eigenvalue weighted by atomic mass is 10.0. The Bertz CT molecular complexity index is 228. The van der Waals surface area contributed by atoms with Crippen LogP contribution in [0.1, 0.15) is 40.0 Å². The molecule has 0 bridgehead atoms. The van der Waals surface area contributed by atoms with Crippen molar-refractivity contribution in [2.45, 2.75) is 63.8 Å². The lowest BCUT2D eigenvalue weighted by Gasteiger charge is -2.24.